The smallest absolute Gasteiger partial charge is 0.0991 e. The van der Waals surface area contributed by atoms with Gasteiger partial charge in [-0.3, -0.25) is 0 Å². The summed E-state index contributed by atoms with van der Waals surface area (Å²) in [6, 6.07) is 9.74. The number of benzene rings is 1. The lowest BCUT2D eigenvalue weighted by Gasteiger charge is -2.01. The van der Waals surface area contributed by atoms with Crippen molar-refractivity contribution in [2.75, 3.05) is 0 Å². The van der Waals surface area contributed by atoms with Crippen molar-refractivity contribution >= 4 is 11.3 Å². The SMILES string of the molecule is CC1(c2nc(-c3ccc(C#N)cc3)cs2)CC1. The molecule has 1 aromatic carbocycles. The topological polar surface area (TPSA) is 36.7 Å². The van der Waals surface area contributed by atoms with Crippen LogP contribution in [-0.2, 0) is 5.41 Å². The van der Waals surface area contributed by atoms with Crippen LogP contribution in [0.4, 0.5) is 0 Å². The van der Waals surface area contributed by atoms with Crippen LogP contribution in [0.2, 0.25) is 0 Å². The van der Waals surface area contributed by atoms with Crippen LogP contribution in [0.15, 0.2) is 29.6 Å². The summed E-state index contributed by atoms with van der Waals surface area (Å²) in [5.41, 5.74) is 3.16. The zero-order valence-corrected chi connectivity index (χ0v) is 10.4. The highest BCUT2D eigenvalue weighted by molar-refractivity contribution is 7.10. The molecule has 2 nitrogen and oxygen atoms in total. The fourth-order valence-corrected chi connectivity index (χ4v) is 2.85. The van der Waals surface area contributed by atoms with Crippen molar-refractivity contribution in [1.29, 1.82) is 5.26 Å². The van der Waals surface area contributed by atoms with Crippen LogP contribution in [0.3, 0.4) is 0 Å². The van der Waals surface area contributed by atoms with Crippen LogP contribution in [-0.4, -0.2) is 4.98 Å². The van der Waals surface area contributed by atoms with Gasteiger partial charge in [-0.25, -0.2) is 4.98 Å². The quantitative estimate of drug-likeness (QED) is 0.802. The zero-order valence-electron chi connectivity index (χ0n) is 9.60. The third-order valence-electron chi connectivity index (χ3n) is 3.33. The molecule has 84 valence electrons. The highest BCUT2D eigenvalue weighted by Crippen LogP contribution is 2.49. The summed E-state index contributed by atoms with van der Waals surface area (Å²) in [7, 11) is 0. The van der Waals surface area contributed by atoms with Gasteiger partial charge in [-0.1, -0.05) is 19.1 Å². The Morgan fingerprint density at radius 1 is 1.29 bits per heavy atom. The van der Waals surface area contributed by atoms with E-state index in [9.17, 15) is 0 Å². The molecule has 0 atom stereocenters. The molecule has 2 aromatic rings. The first-order valence-corrected chi connectivity index (χ1v) is 6.56. The normalized spacial score (nSPS) is 16.5. The molecule has 1 heterocycles. The van der Waals surface area contributed by atoms with Crippen LogP contribution < -0.4 is 0 Å². The monoisotopic (exact) mass is 240 g/mol. The Bertz CT molecular complexity index is 585. The molecule has 0 N–H and O–H groups in total. The number of thiazole rings is 1. The standard InChI is InChI=1S/C14H12N2S/c1-14(6-7-14)13-16-12(9-17-13)11-4-2-10(8-15)3-5-11/h2-5,9H,6-7H2,1H3. The van der Waals surface area contributed by atoms with E-state index in [1.165, 1.54) is 17.8 Å². The minimum absolute atomic E-state index is 0.343. The second-order valence-corrected chi connectivity index (χ2v) is 5.65. The molecule has 0 bridgehead atoms. The van der Waals surface area contributed by atoms with Crippen LogP contribution in [0.5, 0.6) is 0 Å². The Kier molecular flexibility index (Phi) is 2.27. The van der Waals surface area contributed by atoms with E-state index < -0.39 is 0 Å². The molecule has 1 aliphatic rings. The maximum Gasteiger partial charge on any atom is 0.0991 e. The molecular weight excluding hydrogens is 228 g/mol. The first kappa shape index (κ1) is 10.5. The fraction of sp³-hybridized carbons (Fsp3) is 0.286. The van der Waals surface area contributed by atoms with Gasteiger partial charge in [-0.05, 0) is 25.0 Å². The van der Waals surface area contributed by atoms with Gasteiger partial charge in [0.15, 0.2) is 0 Å². The maximum absolute atomic E-state index is 8.75. The Balaban J connectivity index is 1.93. The highest BCUT2D eigenvalue weighted by Gasteiger charge is 2.41. The molecule has 0 saturated heterocycles. The molecule has 1 fully saturated rings. The number of nitrogens with zero attached hydrogens (tertiary/aromatic N) is 2. The number of aromatic nitrogens is 1. The Morgan fingerprint density at radius 2 is 2.00 bits per heavy atom. The van der Waals surface area contributed by atoms with E-state index in [0.717, 1.165) is 11.3 Å². The second-order valence-electron chi connectivity index (χ2n) is 4.79. The van der Waals surface area contributed by atoms with E-state index in [4.69, 9.17) is 10.2 Å². The molecule has 0 spiro atoms. The number of rotatable bonds is 2. The van der Waals surface area contributed by atoms with Crippen molar-refractivity contribution in [3.63, 3.8) is 0 Å². The summed E-state index contributed by atoms with van der Waals surface area (Å²) in [6.07, 6.45) is 2.51. The van der Waals surface area contributed by atoms with Crippen LogP contribution in [0, 0.1) is 11.3 Å². The zero-order chi connectivity index (χ0) is 11.9. The van der Waals surface area contributed by atoms with Gasteiger partial charge in [-0.2, -0.15) is 5.26 Å². The summed E-state index contributed by atoms with van der Waals surface area (Å²) in [5.74, 6) is 0. The lowest BCUT2D eigenvalue weighted by Crippen LogP contribution is -1.97. The van der Waals surface area contributed by atoms with E-state index in [1.807, 2.05) is 24.3 Å². The van der Waals surface area contributed by atoms with Crippen molar-refractivity contribution in [1.82, 2.24) is 4.98 Å². The molecule has 3 rings (SSSR count). The van der Waals surface area contributed by atoms with Crippen molar-refractivity contribution in [2.24, 2.45) is 0 Å². The van der Waals surface area contributed by atoms with Gasteiger partial charge < -0.3 is 0 Å². The minimum atomic E-state index is 0.343. The van der Waals surface area contributed by atoms with Gasteiger partial charge >= 0.3 is 0 Å². The first-order valence-electron chi connectivity index (χ1n) is 5.68. The number of hydrogen-bond donors (Lipinski definition) is 0. The van der Waals surface area contributed by atoms with E-state index in [2.05, 4.69) is 18.4 Å². The third kappa shape index (κ3) is 1.85. The molecule has 0 unspecified atom stereocenters. The molecule has 1 saturated carbocycles. The molecule has 17 heavy (non-hydrogen) atoms. The Labute approximate surface area is 105 Å². The Hall–Kier alpha value is -1.66. The fourth-order valence-electron chi connectivity index (χ4n) is 1.80. The average molecular weight is 240 g/mol. The number of nitriles is 1. The van der Waals surface area contributed by atoms with Crippen molar-refractivity contribution in [3.05, 3.63) is 40.2 Å². The molecule has 0 radical (unpaired) electrons. The predicted octanol–water partition coefficient (Wildman–Crippen LogP) is 3.73. The molecule has 0 aliphatic heterocycles. The molecular formula is C14H12N2S. The van der Waals surface area contributed by atoms with Gasteiger partial charge in [0.1, 0.15) is 0 Å². The number of hydrogen-bond acceptors (Lipinski definition) is 3. The third-order valence-corrected chi connectivity index (χ3v) is 4.48. The van der Waals surface area contributed by atoms with E-state index in [1.54, 1.807) is 11.3 Å². The highest BCUT2D eigenvalue weighted by atomic mass is 32.1. The molecule has 0 amide bonds. The summed E-state index contributed by atoms with van der Waals surface area (Å²) < 4.78 is 0. The van der Waals surface area contributed by atoms with Crippen molar-refractivity contribution in [3.8, 4) is 17.3 Å². The average Bonchev–Trinajstić information content (AvgIpc) is 2.94. The first-order chi connectivity index (χ1) is 8.21. The van der Waals surface area contributed by atoms with Gasteiger partial charge in [0.2, 0.25) is 0 Å². The van der Waals surface area contributed by atoms with E-state index in [0.29, 0.717) is 11.0 Å². The Morgan fingerprint density at radius 3 is 2.59 bits per heavy atom. The van der Waals surface area contributed by atoms with Crippen molar-refractivity contribution < 1.29 is 0 Å². The predicted molar refractivity (Wildman–Crippen MR) is 68.9 cm³/mol. The second kappa shape index (κ2) is 3.68. The van der Waals surface area contributed by atoms with E-state index >= 15 is 0 Å². The molecule has 3 heteroatoms. The van der Waals surface area contributed by atoms with Gasteiger partial charge in [-0.15, -0.1) is 11.3 Å². The van der Waals surface area contributed by atoms with Gasteiger partial charge in [0, 0.05) is 16.4 Å². The van der Waals surface area contributed by atoms with Crippen LogP contribution in [0.25, 0.3) is 11.3 Å². The minimum Gasteiger partial charge on any atom is -0.241 e. The summed E-state index contributed by atoms with van der Waals surface area (Å²) in [6.45, 7) is 2.27. The lowest BCUT2D eigenvalue weighted by molar-refractivity contribution is 0.777. The van der Waals surface area contributed by atoms with Crippen LogP contribution in [0.1, 0.15) is 30.3 Å². The molecule has 1 aliphatic carbocycles. The lowest BCUT2D eigenvalue weighted by atomic mass is 10.1. The summed E-state index contributed by atoms with van der Waals surface area (Å²) >= 11 is 1.75. The van der Waals surface area contributed by atoms with Gasteiger partial charge in [0.05, 0.1) is 22.3 Å². The molecule has 1 aromatic heterocycles. The van der Waals surface area contributed by atoms with Crippen molar-refractivity contribution in [2.45, 2.75) is 25.2 Å². The summed E-state index contributed by atoms with van der Waals surface area (Å²) in [4.78, 5) is 4.71. The van der Waals surface area contributed by atoms with Crippen LogP contribution >= 0.6 is 11.3 Å². The largest absolute Gasteiger partial charge is 0.241 e. The van der Waals surface area contributed by atoms with E-state index in [-0.39, 0.29) is 0 Å². The van der Waals surface area contributed by atoms with Gasteiger partial charge in [0.25, 0.3) is 0 Å². The summed E-state index contributed by atoms with van der Waals surface area (Å²) in [5, 5.41) is 12.1. The maximum atomic E-state index is 8.75.